The van der Waals surface area contributed by atoms with E-state index in [0.717, 1.165) is 71.6 Å². The number of hydrogen-bond acceptors (Lipinski definition) is 5. The van der Waals surface area contributed by atoms with Crippen molar-refractivity contribution in [3.05, 3.63) is 0 Å². The van der Waals surface area contributed by atoms with Crippen LogP contribution in [0.3, 0.4) is 0 Å². The molecule has 0 bridgehead atoms. The van der Waals surface area contributed by atoms with Gasteiger partial charge in [-0.15, -0.1) is 0 Å². The molecule has 3 saturated heterocycles. The van der Waals surface area contributed by atoms with Crippen LogP contribution in [0.4, 0.5) is 0 Å². The first-order chi connectivity index (χ1) is 12.1. The number of likely N-dealkylation sites (tertiary alicyclic amines) is 1. The second kappa shape index (κ2) is 8.80. The highest BCUT2D eigenvalue weighted by atomic mass is 16.5. The Kier molecular flexibility index (Phi) is 6.72. The van der Waals surface area contributed by atoms with Crippen molar-refractivity contribution in [2.24, 2.45) is 11.3 Å². The largest absolute Gasteiger partial charge is 0.381 e. The van der Waals surface area contributed by atoms with Crippen molar-refractivity contribution >= 4 is 5.91 Å². The average Bonchev–Trinajstić information content (AvgIpc) is 2.98. The molecule has 0 saturated carbocycles. The van der Waals surface area contributed by atoms with E-state index in [9.17, 15) is 4.79 Å². The van der Waals surface area contributed by atoms with Gasteiger partial charge in [-0.25, -0.2) is 0 Å². The summed E-state index contributed by atoms with van der Waals surface area (Å²) in [6.45, 7) is 6.36. The lowest BCUT2D eigenvalue weighted by Crippen LogP contribution is -2.46. The van der Waals surface area contributed by atoms with Crippen molar-refractivity contribution in [1.82, 2.24) is 9.80 Å². The van der Waals surface area contributed by atoms with Crippen LogP contribution in [-0.2, 0) is 19.0 Å². The summed E-state index contributed by atoms with van der Waals surface area (Å²) < 4.78 is 17.4. The highest BCUT2D eigenvalue weighted by Gasteiger charge is 2.43. The smallest absolute Gasteiger partial charge is 0.236 e. The molecule has 3 rings (SSSR count). The highest BCUT2D eigenvalue weighted by molar-refractivity contribution is 5.78. The topological polar surface area (TPSA) is 51.2 Å². The molecule has 0 aromatic carbocycles. The molecule has 0 aromatic heterocycles. The van der Waals surface area contributed by atoms with Gasteiger partial charge in [0, 0.05) is 32.9 Å². The lowest BCUT2D eigenvalue weighted by molar-refractivity contribution is -0.134. The zero-order valence-electron chi connectivity index (χ0n) is 15.9. The van der Waals surface area contributed by atoms with Gasteiger partial charge >= 0.3 is 0 Å². The monoisotopic (exact) mass is 354 g/mol. The summed E-state index contributed by atoms with van der Waals surface area (Å²) in [4.78, 5) is 16.1. The molecule has 6 nitrogen and oxygen atoms in total. The first-order valence-corrected chi connectivity index (χ1v) is 9.76. The Bertz CT molecular complexity index is 429. The molecule has 144 valence electrons. The van der Waals surface area contributed by atoms with Crippen LogP contribution in [-0.4, -0.2) is 88.6 Å². The summed E-state index contributed by atoms with van der Waals surface area (Å²) in [5.41, 5.74) is 0.265. The molecule has 0 aromatic rings. The van der Waals surface area contributed by atoms with Crippen LogP contribution in [0.5, 0.6) is 0 Å². The summed E-state index contributed by atoms with van der Waals surface area (Å²) in [7, 11) is 3.89. The molecule has 3 fully saturated rings. The molecule has 1 spiro atoms. The number of piperidine rings is 1. The normalized spacial score (nSPS) is 27.3. The van der Waals surface area contributed by atoms with Crippen LogP contribution in [0.1, 0.15) is 32.1 Å². The van der Waals surface area contributed by atoms with Gasteiger partial charge in [0.1, 0.15) is 0 Å². The quantitative estimate of drug-likeness (QED) is 0.721. The van der Waals surface area contributed by atoms with Gasteiger partial charge in [-0.2, -0.15) is 0 Å². The van der Waals surface area contributed by atoms with Gasteiger partial charge < -0.3 is 24.0 Å². The molecule has 1 amide bonds. The van der Waals surface area contributed by atoms with E-state index in [1.807, 2.05) is 23.9 Å². The van der Waals surface area contributed by atoms with E-state index in [1.165, 1.54) is 0 Å². The number of carbonyl (C=O) groups is 1. The molecule has 0 unspecified atom stereocenters. The number of ether oxygens (including phenoxy) is 3. The Labute approximate surface area is 151 Å². The molecule has 0 aliphatic carbocycles. The first-order valence-electron chi connectivity index (χ1n) is 9.76. The second-order valence-electron chi connectivity index (χ2n) is 8.35. The number of likely N-dealkylation sites (N-methyl/N-ethyl adjacent to an activating group) is 1. The number of amides is 1. The Hall–Kier alpha value is -0.690. The fourth-order valence-corrected chi connectivity index (χ4v) is 4.23. The molecule has 0 radical (unpaired) electrons. The van der Waals surface area contributed by atoms with Crippen molar-refractivity contribution < 1.29 is 19.0 Å². The average molecular weight is 354 g/mol. The zero-order valence-corrected chi connectivity index (χ0v) is 15.9. The van der Waals surface area contributed by atoms with Crippen LogP contribution in [0.15, 0.2) is 0 Å². The molecule has 1 atom stereocenters. The van der Waals surface area contributed by atoms with Crippen molar-refractivity contribution in [1.29, 1.82) is 0 Å². The van der Waals surface area contributed by atoms with E-state index in [0.29, 0.717) is 19.1 Å². The Morgan fingerprint density at radius 3 is 2.60 bits per heavy atom. The van der Waals surface area contributed by atoms with E-state index in [1.54, 1.807) is 0 Å². The number of nitrogens with zero attached hydrogens (tertiary/aromatic N) is 2. The third kappa shape index (κ3) is 5.39. The fourth-order valence-electron chi connectivity index (χ4n) is 4.23. The number of rotatable bonds is 6. The van der Waals surface area contributed by atoms with Gasteiger partial charge in [-0.1, -0.05) is 0 Å². The maximum Gasteiger partial charge on any atom is 0.236 e. The molecule has 3 aliphatic heterocycles. The van der Waals surface area contributed by atoms with Gasteiger partial charge in [0.2, 0.25) is 5.91 Å². The lowest BCUT2D eigenvalue weighted by atomic mass is 9.76. The summed E-state index contributed by atoms with van der Waals surface area (Å²) in [5, 5.41) is 0. The third-order valence-corrected chi connectivity index (χ3v) is 5.91. The van der Waals surface area contributed by atoms with Crippen molar-refractivity contribution in [3.8, 4) is 0 Å². The van der Waals surface area contributed by atoms with Crippen LogP contribution in [0.25, 0.3) is 0 Å². The second-order valence-corrected chi connectivity index (χ2v) is 8.35. The summed E-state index contributed by atoms with van der Waals surface area (Å²) in [6, 6.07) is 0. The Morgan fingerprint density at radius 1 is 1.20 bits per heavy atom. The maximum atomic E-state index is 12.2. The van der Waals surface area contributed by atoms with Crippen molar-refractivity contribution in [2.75, 3.05) is 66.8 Å². The molecule has 25 heavy (non-hydrogen) atoms. The summed E-state index contributed by atoms with van der Waals surface area (Å²) in [6.07, 6.45) is 5.66. The Balaban J connectivity index is 1.35. The minimum absolute atomic E-state index is 0.226. The van der Waals surface area contributed by atoms with Gasteiger partial charge in [-0.3, -0.25) is 4.79 Å². The van der Waals surface area contributed by atoms with Crippen LogP contribution >= 0.6 is 0 Å². The van der Waals surface area contributed by atoms with E-state index in [-0.39, 0.29) is 17.4 Å². The van der Waals surface area contributed by atoms with Gasteiger partial charge in [0.25, 0.3) is 0 Å². The molecular weight excluding hydrogens is 320 g/mol. The number of hydrogen-bond donors (Lipinski definition) is 0. The van der Waals surface area contributed by atoms with Crippen LogP contribution in [0.2, 0.25) is 0 Å². The molecular formula is C19H34N2O4. The maximum absolute atomic E-state index is 12.2. The highest BCUT2D eigenvalue weighted by Crippen LogP contribution is 2.42. The van der Waals surface area contributed by atoms with Gasteiger partial charge in [-0.05, 0) is 57.5 Å². The summed E-state index contributed by atoms with van der Waals surface area (Å²) >= 11 is 0. The minimum Gasteiger partial charge on any atom is -0.381 e. The van der Waals surface area contributed by atoms with E-state index >= 15 is 0 Å². The SMILES string of the molecule is CN(C)CC(=O)N1CCC2(CC1)CO[C@@H](COCC1CCOCC1)C2. The molecule has 0 N–H and O–H groups in total. The molecule has 6 heteroatoms. The predicted octanol–water partition coefficient (Wildman–Crippen LogP) is 1.39. The predicted molar refractivity (Wildman–Crippen MR) is 95.5 cm³/mol. The minimum atomic E-state index is 0.226. The van der Waals surface area contributed by atoms with E-state index in [4.69, 9.17) is 14.2 Å². The van der Waals surface area contributed by atoms with Crippen LogP contribution in [0, 0.1) is 11.3 Å². The first kappa shape index (κ1) is 19.1. The van der Waals surface area contributed by atoms with Crippen molar-refractivity contribution in [2.45, 2.75) is 38.2 Å². The van der Waals surface area contributed by atoms with Gasteiger partial charge in [0.05, 0.1) is 25.9 Å². The number of carbonyl (C=O) groups excluding carboxylic acids is 1. The standard InChI is InChI=1S/C19H34N2O4/c1-20(2)12-18(22)21-7-5-19(6-8-21)11-17(25-15-19)14-24-13-16-3-9-23-10-4-16/h16-17H,3-15H2,1-2H3/t17-/m1/s1. The molecule has 3 aliphatic rings. The van der Waals surface area contributed by atoms with Crippen LogP contribution < -0.4 is 0 Å². The zero-order chi connectivity index (χ0) is 17.7. The lowest BCUT2D eigenvalue weighted by Gasteiger charge is -2.38. The summed E-state index contributed by atoms with van der Waals surface area (Å²) in [5.74, 6) is 0.894. The fraction of sp³-hybridized carbons (Fsp3) is 0.947. The van der Waals surface area contributed by atoms with E-state index in [2.05, 4.69) is 0 Å². The van der Waals surface area contributed by atoms with E-state index < -0.39 is 0 Å². The Morgan fingerprint density at radius 2 is 1.92 bits per heavy atom. The third-order valence-electron chi connectivity index (χ3n) is 5.91. The van der Waals surface area contributed by atoms with Crippen molar-refractivity contribution in [3.63, 3.8) is 0 Å². The molecule has 3 heterocycles. The van der Waals surface area contributed by atoms with Gasteiger partial charge in [0.15, 0.2) is 0 Å².